The van der Waals surface area contributed by atoms with Gasteiger partial charge in [0.1, 0.15) is 5.75 Å². The van der Waals surface area contributed by atoms with E-state index in [0.717, 1.165) is 25.3 Å². The van der Waals surface area contributed by atoms with Crippen LogP contribution in [0, 0.1) is 13.8 Å². The lowest BCUT2D eigenvalue weighted by Gasteiger charge is -2.23. The van der Waals surface area contributed by atoms with Crippen molar-refractivity contribution < 1.29 is 4.74 Å². The Hall–Kier alpha value is -1.02. The molecule has 0 fully saturated rings. The second-order valence-electron chi connectivity index (χ2n) is 3.90. The molecule has 76 valence electrons. The van der Waals surface area contributed by atoms with Gasteiger partial charge in [-0.3, -0.25) is 0 Å². The molecular formula is C12H17NO. The molecule has 1 aliphatic rings. The highest BCUT2D eigenvalue weighted by atomic mass is 16.5. The molecule has 1 aliphatic heterocycles. The number of nitrogens with one attached hydrogen (secondary N) is 1. The van der Waals surface area contributed by atoms with Crippen LogP contribution >= 0.6 is 0 Å². The van der Waals surface area contributed by atoms with Gasteiger partial charge in [0, 0.05) is 12.1 Å². The molecule has 0 spiro atoms. The molecule has 0 saturated heterocycles. The fourth-order valence-corrected chi connectivity index (χ4v) is 2.15. The van der Waals surface area contributed by atoms with Crippen molar-refractivity contribution in [3.8, 4) is 5.75 Å². The minimum Gasteiger partial charge on any atom is -0.496 e. The fourth-order valence-electron chi connectivity index (χ4n) is 2.15. The number of rotatable bonds is 1. The lowest BCUT2D eigenvalue weighted by Crippen LogP contribution is -2.25. The molecule has 0 unspecified atom stereocenters. The van der Waals surface area contributed by atoms with Crippen LogP contribution in [-0.4, -0.2) is 13.7 Å². The van der Waals surface area contributed by atoms with Gasteiger partial charge >= 0.3 is 0 Å². The van der Waals surface area contributed by atoms with Crippen molar-refractivity contribution in [1.29, 1.82) is 0 Å². The molecule has 1 aromatic rings. The van der Waals surface area contributed by atoms with Crippen molar-refractivity contribution in [1.82, 2.24) is 5.32 Å². The third-order valence-electron chi connectivity index (χ3n) is 3.13. The van der Waals surface area contributed by atoms with Gasteiger partial charge in [-0.15, -0.1) is 0 Å². The third-order valence-corrected chi connectivity index (χ3v) is 3.13. The smallest absolute Gasteiger partial charge is 0.123 e. The van der Waals surface area contributed by atoms with Crippen LogP contribution in [0.15, 0.2) is 6.07 Å². The quantitative estimate of drug-likeness (QED) is 0.732. The Morgan fingerprint density at radius 1 is 1.29 bits per heavy atom. The van der Waals surface area contributed by atoms with Crippen LogP contribution in [0.5, 0.6) is 5.75 Å². The number of aryl methyl sites for hydroxylation is 1. The fraction of sp³-hybridized carbons (Fsp3) is 0.500. The summed E-state index contributed by atoms with van der Waals surface area (Å²) in [6.45, 7) is 6.39. The summed E-state index contributed by atoms with van der Waals surface area (Å²) in [4.78, 5) is 0. The highest BCUT2D eigenvalue weighted by Crippen LogP contribution is 2.30. The zero-order chi connectivity index (χ0) is 10.1. The number of hydrogen-bond acceptors (Lipinski definition) is 2. The molecule has 0 amide bonds. The van der Waals surface area contributed by atoms with Crippen molar-refractivity contribution in [3.63, 3.8) is 0 Å². The van der Waals surface area contributed by atoms with Crippen LogP contribution in [0.1, 0.15) is 22.3 Å². The van der Waals surface area contributed by atoms with Crippen molar-refractivity contribution in [2.24, 2.45) is 0 Å². The first-order valence-electron chi connectivity index (χ1n) is 5.10. The van der Waals surface area contributed by atoms with Crippen LogP contribution in [0.2, 0.25) is 0 Å². The molecule has 1 N–H and O–H groups in total. The topological polar surface area (TPSA) is 21.3 Å². The summed E-state index contributed by atoms with van der Waals surface area (Å²) in [5.41, 5.74) is 5.60. The Kier molecular flexibility index (Phi) is 2.46. The van der Waals surface area contributed by atoms with Gasteiger partial charge in [-0.05, 0) is 49.6 Å². The summed E-state index contributed by atoms with van der Waals surface area (Å²) in [6.07, 6.45) is 1.12. The SMILES string of the molecule is COc1cc(C)c(C)c2c1CNCC2. The van der Waals surface area contributed by atoms with Crippen LogP contribution in [-0.2, 0) is 13.0 Å². The summed E-state index contributed by atoms with van der Waals surface area (Å²) in [6, 6.07) is 2.14. The van der Waals surface area contributed by atoms with Crippen molar-refractivity contribution in [2.75, 3.05) is 13.7 Å². The van der Waals surface area contributed by atoms with Gasteiger partial charge in [0.2, 0.25) is 0 Å². The van der Waals surface area contributed by atoms with Crippen molar-refractivity contribution >= 4 is 0 Å². The van der Waals surface area contributed by atoms with Gasteiger partial charge in [-0.25, -0.2) is 0 Å². The predicted molar refractivity (Wildman–Crippen MR) is 57.9 cm³/mol. The molecule has 0 aromatic heterocycles. The minimum atomic E-state index is 0.944. The summed E-state index contributed by atoms with van der Waals surface area (Å²) in [7, 11) is 1.75. The van der Waals surface area contributed by atoms with E-state index in [4.69, 9.17) is 4.74 Å². The van der Waals surface area contributed by atoms with Gasteiger partial charge in [0.25, 0.3) is 0 Å². The second-order valence-corrected chi connectivity index (χ2v) is 3.90. The second kappa shape index (κ2) is 3.62. The number of benzene rings is 1. The number of fused-ring (bicyclic) bond motifs is 1. The van der Waals surface area contributed by atoms with Gasteiger partial charge in [-0.1, -0.05) is 0 Å². The maximum atomic E-state index is 5.41. The lowest BCUT2D eigenvalue weighted by atomic mass is 9.92. The van der Waals surface area contributed by atoms with E-state index in [-0.39, 0.29) is 0 Å². The minimum absolute atomic E-state index is 0.944. The standard InChI is InChI=1S/C12H17NO/c1-8-6-12(14-3)11-7-13-5-4-10(11)9(8)2/h6,13H,4-5,7H2,1-3H3. The van der Waals surface area contributed by atoms with Gasteiger partial charge in [-0.2, -0.15) is 0 Å². The van der Waals surface area contributed by atoms with E-state index in [9.17, 15) is 0 Å². The zero-order valence-corrected chi connectivity index (χ0v) is 9.11. The average Bonchev–Trinajstić information content (AvgIpc) is 2.23. The molecule has 0 aliphatic carbocycles. The van der Waals surface area contributed by atoms with E-state index < -0.39 is 0 Å². The molecular weight excluding hydrogens is 174 g/mol. The largest absolute Gasteiger partial charge is 0.496 e. The molecule has 1 aromatic carbocycles. The Bertz CT molecular complexity index is 358. The molecule has 0 saturated carbocycles. The van der Waals surface area contributed by atoms with Crippen LogP contribution in [0.3, 0.4) is 0 Å². The molecule has 2 heteroatoms. The van der Waals surface area contributed by atoms with Crippen LogP contribution in [0.4, 0.5) is 0 Å². The van der Waals surface area contributed by atoms with Crippen LogP contribution < -0.4 is 10.1 Å². The Morgan fingerprint density at radius 3 is 2.79 bits per heavy atom. The Morgan fingerprint density at radius 2 is 2.07 bits per heavy atom. The summed E-state index contributed by atoms with van der Waals surface area (Å²) in [5.74, 6) is 1.04. The lowest BCUT2D eigenvalue weighted by molar-refractivity contribution is 0.404. The Labute approximate surface area is 85.3 Å². The molecule has 2 nitrogen and oxygen atoms in total. The van der Waals surface area contributed by atoms with E-state index >= 15 is 0 Å². The van der Waals surface area contributed by atoms with Gasteiger partial charge in [0.15, 0.2) is 0 Å². The zero-order valence-electron chi connectivity index (χ0n) is 9.11. The van der Waals surface area contributed by atoms with E-state index in [1.54, 1.807) is 7.11 Å². The first-order valence-corrected chi connectivity index (χ1v) is 5.10. The number of ether oxygens (including phenoxy) is 1. The Balaban J connectivity index is 2.60. The van der Waals surface area contributed by atoms with E-state index in [2.05, 4.69) is 25.2 Å². The first-order chi connectivity index (χ1) is 6.74. The summed E-state index contributed by atoms with van der Waals surface area (Å²) < 4.78 is 5.41. The molecule has 0 atom stereocenters. The molecule has 0 bridgehead atoms. The number of methoxy groups -OCH3 is 1. The third kappa shape index (κ3) is 1.40. The molecule has 14 heavy (non-hydrogen) atoms. The molecule has 2 rings (SSSR count). The number of hydrogen-bond donors (Lipinski definition) is 1. The first kappa shape index (κ1) is 9.53. The normalized spacial score (nSPS) is 15.1. The average molecular weight is 191 g/mol. The highest BCUT2D eigenvalue weighted by molar-refractivity contribution is 5.49. The van der Waals surface area contributed by atoms with E-state index in [0.29, 0.717) is 0 Å². The summed E-state index contributed by atoms with van der Waals surface area (Å²) >= 11 is 0. The van der Waals surface area contributed by atoms with Gasteiger partial charge in [0.05, 0.1) is 7.11 Å². The van der Waals surface area contributed by atoms with Crippen molar-refractivity contribution in [2.45, 2.75) is 26.8 Å². The molecule has 0 radical (unpaired) electrons. The van der Waals surface area contributed by atoms with E-state index in [1.807, 2.05) is 0 Å². The maximum Gasteiger partial charge on any atom is 0.123 e. The monoisotopic (exact) mass is 191 g/mol. The summed E-state index contributed by atoms with van der Waals surface area (Å²) in [5, 5.41) is 3.38. The maximum absolute atomic E-state index is 5.41. The van der Waals surface area contributed by atoms with Gasteiger partial charge < -0.3 is 10.1 Å². The predicted octanol–water partition coefficient (Wildman–Crippen LogP) is 1.96. The van der Waals surface area contributed by atoms with Crippen LogP contribution in [0.25, 0.3) is 0 Å². The highest BCUT2D eigenvalue weighted by Gasteiger charge is 2.16. The van der Waals surface area contributed by atoms with E-state index in [1.165, 1.54) is 22.3 Å². The molecule has 1 heterocycles. The van der Waals surface area contributed by atoms with Crippen molar-refractivity contribution in [3.05, 3.63) is 28.3 Å².